The number of carbonyl (C=O) groups excluding carboxylic acids is 1. The van der Waals surface area contributed by atoms with Crippen molar-refractivity contribution in [1.82, 2.24) is 0 Å². The molecule has 1 aromatic rings. The summed E-state index contributed by atoms with van der Waals surface area (Å²) in [5.41, 5.74) is 0.161. The Kier molecular flexibility index (Phi) is 4.94. The van der Waals surface area contributed by atoms with E-state index in [2.05, 4.69) is 26.0 Å². The Balaban J connectivity index is 2.15. The monoisotopic (exact) mass is 347 g/mol. The van der Waals surface area contributed by atoms with Crippen LogP contribution in [0.15, 0.2) is 34.5 Å². The Hall–Kier alpha value is -1.63. The van der Waals surface area contributed by atoms with Crippen molar-refractivity contribution in [3.05, 3.63) is 34.5 Å². The number of hydrogen-bond donors (Lipinski definition) is 1. The topological polar surface area (TPSA) is 47.6 Å². The SMILES string of the molecule is O=C(Nc1ccc(Br)cc1OC(F)F)C1=CCCCO1. The molecule has 108 valence electrons. The number of carbonyl (C=O) groups is 1. The van der Waals surface area contributed by atoms with E-state index >= 15 is 0 Å². The van der Waals surface area contributed by atoms with Crippen LogP contribution in [-0.2, 0) is 9.53 Å². The van der Waals surface area contributed by atoms with Gasteiger partial charge in [0.1, 0.15) is 0 Å². The summed E-state index contributed by atoms with van der Waals surface area (Å²) in [5, 5.41) is 2.50. The number of anilines is 1. The van der Waals surface area contributed by atoms with Crippen molar-refractivity contribution in [2.24, 2.45) is 0 Å². The van der Waals surface area contributed by atoms with Gasteiger partial charge in [-0.15, -0.1) is 0 Å². The molecule has 1 aromatic carbocycles. The summed E-state index contributed by atoms with van der Waals surface area (Å²) in [7, 11) is 0. The highest BCUT2D eigenvalue weighted by atomic mass is 79.9. The summed E-state index contributed by atoms with van der Waals surface area (Å²) in [6.07, 6.45) is 3.28. The maximum atomic E-state index is 12.3. The van der Waals surface area contributed by atoms with Crippen LogP contribution >= 0.6 is 15.9 Å². The smallest absolute Gasteiger partial charge is 0.387 e. The lowest BCUT2D eigenvalue weighted by Crippen LogP contribution is -2.19. The van der Waals surface area contributed by atoms with E-state index in [9.17, 15) is 13.6 Å². The number of ether oxygens (including phenoxy) is 2. The summed E-state index contributed by atoms with van der Waals surface area (Å²) in [5.74, 6) is -0.396. The number of nitrogens with one attached hydrogen (secondary N) is 1. The highest BCUT2D eigenvalue weighted by Gasteiger charge is 2.17. The minimum Gasteiger partial charge on any atom is -0.488 e. The number of hydrogen-bond acceptors (Lipinski definition) is 3. The van der Waals surface area contributed by atoms with Crippen molar-refractivity contribution >= 4 is 27.5 Å². The lowest BCUT2D eigenvalue weighted by atomic mass is 10.2. The van der Waals surface area contributed by atoms with E-state index in [0.29, 0.717) is 11.1 Å². The first-order valence-corrected chi connectivity index (χ1v) is 6.74. The van der Waals surface area contributed by atoms with Crippen molar-refractivity contribution < 1.29 is 23.0 Å². The van der Waals surface area contributed by atoms with Crippen molar-refractivity contribution in [3.8, 4) is 5.75 Å². The Bertz CT molecular complexity index is 534. The molecule has 1 aliphatic heterocycles. The molecule has 4 nitrogen and oxygen atoms in total. The third-order valence-electron chi connectivity index (χ3n) is 2.57. The minimum atomic E-state index is -2.97. The number of amides is 1. The quantitative estimate of drug-likeness (QED) is 0.903. The van der Waals surface area contributed by atoms with E-state index in [4.69, 9.17) is 4.74 Å². The average molecular weight is 348 g/mol. The Morgan fingerprint density at radius 3 is 2.90 bits per heavy atom. The first-order valence-electron chi connectivity index (χ1n) is 5.95. The Morgan fingerprint density at radius 1 is 1.45 bits per heavy atom. The highest BCUT2D eigenvalue weighted by Crippen LogP contribution is 2.30. The minimum absolute atomic E-state index is 0.112. The summed E-state index contributed by atoms with van der Waals surface area (Å²) in [6.45, 7) is -2.50. The van der Waals surface area contributed by atoms with Crippen molar-refractivity contribution in [3.63, 3.8) is 0 Å². The van der Waals surface area contributed by atoms with Gasteiger partial charge in [0, 0.05) is 4.47 Å². The fourth-order valence-electron chi connectivity index (χ4n) is 1.69. The highest BCUT2D eigenvalue weighted by molar-refractivity contribution is 9.10. The van der Waals surface area contributed by atoms with E-state index in [1.165, 1.54) is 12.1 Å². The van der Waals surface area contributed by atoms with E-state index in [-0.39, 0.29) is 17.2 Å². The Morgan fingerprint density at radius 2 is 2.25 bits per heavy atom. The summed E-state index contributed by atoms with van der Waals surface area (Å²) < 4.78 is 34.8. The number of allylic oxidation sites excluding steroid dienone is 1. The zero-order chi connectivity index (χ0) is 14.5. The van der Waals surface area contributed by atoms with E-state index in [1.54, 1.807) is 12.1 Å². The van der Waals surface area contributed by atoms with Crippen LogP contribution < -0.4 is 10.1 Å². The molecule has 0 spiro atoms. The molecule has 0 radical (unpaired) electrons. The molecule has 0 unspecified atom stereocenters. The largest absolute Gasteiger partial charge is 0.488 e. The van der Waals surface area contributed by atoms with Gasteiger partial charge in [-0.2, -0.15) is 8.78 Å². The van der Waals surface area contributed by atoms with Crippen molar-refractivity contribution in [1.29, 1.82) is 0 Å². The summed E-state index contributed by atoms with van der Waals surface area (Å²) in [4.78, 5) is 11.9. The molecule has 1 heterocycles. The zero-order valence-corrected chi connectivity index (χ0v) is 12.0. The fourth-order valence-corrected chi connectivity index (χ4v) is 2.03. The fraction of sp³-hybridized carbons (Fsp3) is 0.308. The van der Waals surface area contributed by atoms with Gasteiger partial charge in [0.05, 0.1) is 12.3 Å². The predicted octanol–water partition coefficient (Wildman–Crippen LogP) is 3.68. The van der Waals surface area contributed by atoms with Crippen LogP contribution in [-0.4, -0.2) is 19.1 Å². The van der Waals surface area contributed by atoms with Crippen LogP contribution in [0.2, 0.25) is 0 Å². The molecule has 7 heteroatoms. The lowest BCUT2D eigenvalue weighted by molar-refractivity contribution is -0.116. The Labute approximate surface area is 122 Å². The van der Waals surface area contributed by atoms with Crippen LogP contribution in [0.5, 0.6) is 5.75 Å². The molecule has 0 fully saturated rings. The number of halogens is 3. The number of rotatable bonds is 4. The van der Waals surface area contributed by atoms with Gasteiger partial charge >= 0.3 is 6.61 Å². The standard InChI is InChI=1S/C13H12BrF2NO3/c14-8-4-5-9(11(7-8)20-13(15)16)17-12(18)10-3-1-2-6-19-10/h3-5,7,13H,1-2,6H2,(H,17,18). The van der Waals surface area contributed by atoms with Gasteiger partial charge < -0.3 is 14.8 Å². The molecule has 20 heavy (non-hydrogen) atoms. The van der Waals surface area contributed by atoms with Crippen LogP contribution in [0.1, 0.15) is 12.8 Å². The van der Waals surface area contributed by atoms with Gasteiger partial charge in [-0.25, -0.2) is 0 Å². The summed E-state index contributed by atoms with van der Waals surface area (Å²) >= 11 is 3.16. The third-order valence-corrected chi connectivity index (χ3v) is 3.06. The van der Waals surface area contributed by atoms with Crippen LogP contribution in [0.3, 0.4) is 0 Å². The second-order valence-electron chi connectivity index (χ2n) is 4.03. The van der Waals surface area contributed by atoms with Gasteiger partial charge in [0.15, 0.2) is 11.5 Å². The first-order chi connectivity index (χ1) is 9.56. The lowest BCUT2D eigenvalue weighted by Gasteiger charge is -2.16. The first kappa shape index (κ1) is 14.8. The van der Waals surface area contributed by atoms with Gasteiger partial charge in [0.25, 0.3) is 5.91 Å². The molecule has 1 amide bonds. The zero-order valence-electron chi connectivity index (χ0n) is 10.4. The molecule has 0 atom stereocenters. The van der Waals surface area contributed by atoms with Crippen molar-refractivity contribution in [2.75, 3.05) is 11.9 Å². The maximum absolute atomic E-state index is 12.3. The average Bonchev–Trinajstić information content (AvgIpc) is 2.42. The van der Waals surface area contributed by atoms with Crippen LogP contribution in [0.25, 0.3) is 0 Å². The second kappa shape index (κ2) is 6.69. The summed E-state index contributed by atoms with van der Waals surface area (Å²) in [6, 6.07) is 4.45. The normalized spacial score (nSPS) is 14.5. The molecule has 0 aromatic heterocycles. The molecule has 0 saturated carbocycles. The van der Waals surface area contributed by atoms with E-state index < -0.39 is 12.5 Å². The van der Waals surface area contributed by atoms with Gasteiger partial charge in [-0.05, 0) is 37.1 Å². The van der Waals surface area contributed by atoms with E-state index in [1.807, 2.05) is 0 Å². The molecular weight excluding hydrogens is 336 g/mol. The molecule has 0 saturated heterocycles. The van der Waals surface area contributed by atoms with Crippen LogP contribution in [0, 0.1) is 0 Å². The maximum Gasteiger partial charge on any atom is 0.387 e. The van der Waals surface area contributed by atoms with Gasteiger partial charge in [-0.3, -0.25) is 4.79 Å². The molecule has 2 rings (SSSR count). The molecule has 1 aliphatic rings. The molecule has 0 bridgehead atoms. The van der Waals surface area contributed by atoms with Crippen LogP contribution in [0.4, 0.5) is 14.5 Å². The third kappa shape index (κ3) is 3.93. The molecular formula is C13H12BrF2NO3. The van der Waals surface area contributed by atoms with Gasteiger partial charge in [0.2, 0.25) is 0 Å². The molecule has 0 aliphatic carbocycles. The predicted molar refractivity (Wildman–Crippen MR) is 72.7 cm³/mol. The van der Waals surface area contributed by atoms with Gasteiger partial charge in [-0.1, -0.05) is 15.9 Å². The molecule has 1 N–H and O–H groups in total. The second-order valence-corrected chi connectivity index (χ2v) is 4.95. The van der Waals surface area contributed by atoms with E-state index in [0.717, 1.165) is 12.8 Å². The number of benzene rings is 1. The number of alkyl halides is 2. The van der Waals surface area contributed by atoms with Crippen molar-refractivity contribution in [2.45, 2.75) is 19.5 Å².